The van der Waals surface area contributed by atoms with Gasteiger partial charge in [0.05, 0.1) is 0 Å². The van der Waals surface area contributed by atoms with Gasteiger partial charge < -0.3 is 10.0 Å². The van der Waals surface area contributed by atoms with E-state index in [2.05, 4.69) is 4.40 Å². The van der Waals surface area contributed by atoms with Crippen LogP contribution >= 0.6 is 0 Å². The predicted octanol–water partition coefficient (Wildman–Crippen LogP) is 1.46. The van der Waals surface area contributed by atoms with Crippen LogP contribution in [0.5, 0.6) is 0 Å². The molecule has 0 saturated heterocycles. The summed E-state index contributed by atoms with van der Waals surface area (Å²) in [5.41, 5.74) is 0.505. The fourth-order valence-corrected chi connectivity index (χ4v) is 4.25. The smallest absolute Gasteiger partial charge is 0.323 e. The van der Waals surface area contributed by atoms with Gasteiger partial charge >= 0.3 is 5.97 Å². The van der Waals surface area contributed by atoms with Crippen LogP contribution in [0.1, 0.15) is 31.2 Å². The molecule has 112 valence electrons. The van der Waals surface area contributed by atoms with Gasteiger partial charge in [0.15, 0.2) is 5.84 Å². The SMILES string of the molecule is O=C(O)CN(C1=NS(=O)(=O)c2ccccc21)C1CCCC1. The monoisotopic (exact) mass is 308 g/mol. The van der Waals surface area contributed by atoms with Crippen molar-refractivity contribution in [3.05, 3.63) is 29.8 Å². The van der Waals surface area contributed by atoms with Crippen LogP contribution in [0.25, 0.3) is 0 Å². The van der Waals surface area contributed by atoms with E-state index in [-0.39, 0.29) is 23.3 Å². The Morgan fingerprint density at radius 1 is 1.29 bits per heavy atom. The van der Waals surface area contributed by atoms with Gasteiger partial charge in [-0.2, -0.15) is 8.42 Å². The molecule has 0 spiro atoms. The molecule has 1 aliphatic carbocycles. The van der Waals surface area contributed by atoms with Gasteiger partial charge in [0.25, 0.3) is 10.0 Å². The summed E-state index contributed by atoms with van der Waals surface area (Å²) in [5, 5.41) is 9.14. The van der Waals surface area contributed by atoms with Gasteiger partial charge in [-0.05, 0) is 25.0 Å². The summed E-state index contributed by atoms with van der Waals surface area (Å²) < 4.78 is 28.1. The number of sulfonamides is 1. The van der Waals surface area contributed by atoms with Gasteiger partial charge in [-0.15, -0.1) is 4.40 Å². The zero-order chi connectivity index (χ0) is 15.0. The number of carboxylic acid groups (broad SMARTS) is 1. The van der Waals surface area contributed by atoms with Crippen LogP contribution in [0.3, 0.4) is 0 Å². The fourth-order valence-electron chi connectivity index (χ4n) is 3.03. The molecule has 1 saturated carbocycles. The van der Waals surface area contributed by atoms with Crippen LogP contribution in [-0.4, -0.2) is 42.8 Å². The molecule has 21 heavy (non-hydrogen) atoms. The average molecular weight is 308 g/mol. The van der Waals surface area contributed by atoms with Crippen LogP contribution < -0.4 is 0 Å². The van der Waals surface area contributed by atoms with E-state index in [0.29, 0.717) is 5.56 Å². The number of carboxylic acids is 1. The molecule has 0 aromatic heterocycles. The van der Waals surface area contributed by atoms with Gasteiger partial charge in [0.2, 0.25) is 0 Å². The highest BCUT2D eigenvalue weighted by molar-refractivity contribution is 7.90. The quantitative estimate of drug-likeness (QED) is 0.913. The molecule has 0 unspecified atom stereocenters. The van der Waals surface area contributed by atoms with Gasteiger partial charge in [-0.3, -0.25) is 4.79 Å². The molecule has 1 aliphatic heterocycles. The van der Waals surface area contributed by atoms with E-state index in [9.17, 15) is 13.2 Å². The van der Waals surface area contributed by atoms with E-state index < -0.39 is 16.0 Å². The summed E-state index contributed by atoms with van der Waals surface area (Å²) in [5.74, 6) is -0.703. The number of fused-ring (bicyclic) bond motifs is 1. The third-order valence-electron chi connectivity index (χ3n) is 3.96. The van der Waals surface area contributed by atoms with Crippen molar-refractivity contribution in [1.29, 1.82) is 0 Å². The molecule has 7 heteroatoms. The maximum Gasteiger partial charge on any atom is 0.323 e. The largest absolute Gasteiger partial charge is 0.480 e. The third-order valence-corrected chi connectivity index (χ3v) is 5.28. The summed E-state index contributed by atoms with van der Waals surface area (Å²) in [6.07, 6.45) is 3.80. The zero-order valence-corrected chi connectivity index (χ0v) is 12.2. The number of amidine groups is 1. The van der Waals surface area contributed by atoms with Crippen molar-refractivity contribution in [2.24, 2.45) is 4.40 Å². The first kappa shape index (κ1) is 14.1. The van der Waals surface area contributed by atoms with Gasteiger partial charge in [-0.1, -0.05) is 25.0 Å². The Bertz CT molecular complexity index is 705. The number of carbonyl (C=O) groups is 1. The molecule has 0 bridgehead atoms. The molecule has 2 aliphatic rings. The van der Waals surface area contributed by atoms with E-state index in [4.69, 9.17) is 5.11 Å². The second kappa shape index (κ2) is 5.14. The van der Waals surface area contributed by atoms with E-state index in [1.165, 1.54) is 6.07 Å². The highest BCUT2D eigenvalue weighted by Crippen LogP contribution is 2.31. The molecule has 1 N–H and O–H groups in total. The number of aliphatic carboxylic acids is 1. The summed E-state index contributed by atoms with van der Waals surface area (Å²) in [7, 11) is -3.71. The highest BCUT2D eigenvalue weighted by atomic mass is 32.2. The van der Waals surface area contributed by atoms with Crippen molar-refractivity contribution in [3.8, 4) is 0 Å². The van der Waals surface area contributed by atoms with Crippen LogP contribution in [0.2, 0.25) is 0 Å². The topological polar surface area (TPSA) is 87.0 Å². The van der Waals surface area contributed by atoms with E-state index in [1.807, 2.05) is 0 Å². The molecule has 1 aromatic carbocycles. The Hall–Kier alpha value is -1.89. The van der Waals surface area contributed by atoms with Gasteiger partial charge in [0.1, 0.15) is 11.4 Å². The van der Waals surface area contributed by atoms with Crippen molar-refractivity contribution >= 4 is 21.8 Å². The van der Waals surface area contributed by atoms with E-state index in [0.717, 1.165) is 25.7 Å². The Labute approximate surface area is 123 Å². The van der Waals surface area contributed by atoms with Crippen molar-refractivity contribution < 1.29 is 18.3 Å². The number of benzene rings is 1. The minimum absolute atomic E-state index is 0.0428. The first-order valence-electron chi connectivity index (χ1n) is 6.92. The number of hydrogen-bond acceptors (Lipinski definition) is 4. The molecule has 1 aromatic rings. The average Bonchev–Trinajstić information content (AvgIpc) is 3.04. The normalized spacial score (nSPS) is 20.1. The molecule has 0 radical (unpaired) electrons. The Balaban J connectivity index is 2.05. The third kappa shape index (κ3) is 2.53. The Kier molecular flexibility index (Phi) is 3.44. The molecule has 0 amide bonds. The number of hydrogen-bond donors (Lipinski definition) is 1. The molecular weight excluding hydrogens is 292 g/mol. The number of rotatable bonds is 3. The van der Waals surface area contributed by atoms with Crippen molar-refractivity contribution in [3.63, 3.8) is 0 Å². The first-order chi connectivity index (χ1) is 9.99. The van der Waals surface area contributed by atoms with Crippen LogP contribution in [0.15, 0.2) is 33.6 Å². The van der Waals surface area contributed by atoms with Crippen LogP contribution in [-0.2, 0) is 14.8 Å². The molecule has 3 rings (SSSR count). The summed E-state index contributed by atoms with van der Waals surface area (Å²) in [6.45, 7) is -0.229. The zero-order valence-electron chi connectivity index (χ0n) is 11.4. The lowest BCUT2D eigenvalue weighted by Gasteiger charge is -2.29. The molecule has 1 fully saturated rings. The van der Waals surface area contributed by atoms with Crippen LogP contribution in [0, 0.1) is 0 Å². The lowest BCUT2D eigenvalue weighted by atomic mass is 10.1. The summed E-state index contributed by atoms with van der Waals surface area (Å²) in [6, 6.07) is 6.62. The predicted molar refractivity (Wildman–Crippen MR) is 76.8 cm³/mol. The lowest BCUT2D eigenvalue weighted by molar-refractivity contribution is -0.137. The highest BCUT2D eigenvalue weighted by Gasteiger charge is 2.35. The van der Waals surface area contributed by atoms with E-state index in [1.54, 1.807) is 23.1 Å². The van der Waals surface area contributed by atoms with E-state index >= 15 is 0 Å². The summed E-state index contributed by atoms with van der Waals surface area (Å²) >= 11 is 0. The van der Waals surface area contributed by atoms with Crippen molar-refractivity contribution in [2.75, 3.05) is 6.54 Å². The Morgan fingerprint density at radius 3 is 2.62 bits per heavy atom. The summed E-state index contributed by atoms with van der Waals surface area (Å²) in [4.78, 5) is 12.9. The van der Waals surface area contributed by atoms with Crippen molar-refractivity contribution in [2.45, 2.75) is 36.6 Å². The molecule has 6 nitrogen and oxygen atoms in total. The first-order valence-corrected chi connectivity index (χ1v) is 8.36. The minimum Gasteiger partial charge on any atom is -0.480 e. The lowest BCUT2D eigenvalue weighted by Crippen LogP contribution is -2.42. The molecule has 1 heterocycles. The maximum absolute atomic E-state index is 12.1. The minimum atomic E-state index is -3.71. The fraction of sp³-hybridized carbons (Fsp3) is 0.429. The maximum atomic E-state index is 12.1. The molecular formula is C14H16N2O4S. The standard InChI is InChI=1S/C14H16N2O4S/c17-13(18)9-16(10-5-1-2-6-10)14-11-7-3-4-8-12(11)21(19,20)15-14/h3-4,7-8,10H,1-2,5-6,9H2,(H,17,18). The van der Waals surface area contributed by atoms with Crippen molar-refractivity contribution in [1.82, 2.24) is 4.90 Å². The van der Waals surface area contributed by atoms with Crippen LogP contribution in [0.4, 0.5) is 0 Å². The second-order valence-electron chi connectivity index (χ2n) is 5.35. The van der Waals surface area contributed by atoms with Gasteiger partial charge in [-0.25, -0.2) is 0 Å². The second-order valence-corrected chi connectivity index (χ2v) is 6.92. The Morgan fingerprint density at radius 2 is 1.95 bits per heavy atom. The van der Waals surface area contributed by atoms with Gasteiger partial charge in [0, 0.05) is 11.6 Å². The molecule has 0 atom stereocenters. The number of nitrogens with zero attached hydrogens (tertiary/aromatic N) is 2.